The number of ether oxygens (including phenoxy) is 1. The Balaban J connectivity index is 1.87. The second-order valence-electron chi connectivity index (χ2n) is 6.59. The van der Waals surface area contributed by atoms with Gasteiger partial charge >= 0.3 is 5.17 Å². The highest BCUT2D eigenvalue weighted by Crippen LogP contribution is 2.43. The number of benzene rings is 2. The minimum Gasteiger partial charge on any atom is -0.497 e. The molecule has 0 aliphatic carbocycles. The number of thioether (sulfide) groups is 1. The van der Waals surface area contributed by atoms with Gasteiger partial charge < -0.3 is 9.84 Å². The Hall–Kier alpha value is -2.05. The summed E-state index contributed by atoms with van der Waals surface area (Å²) in [7, 11) is 1.51. The number of halogens is 1. The van der Waals surface area contributed by atoms with Crippen LogP contribution in [0.4, 0.5) is 10.1 Å². The van der Waals surface area contributed by atoms with E-state index in [0.29, 0.717) is 12.3 Å². The van der Waals surface area contributed by atoms with Crippen LogP contribution in [0.3, 0.4) is 0 Å². The predicted octanol–water partition coefficient (Wildman–Crippen LogP) is 3.39. The van der Waals surface area contributed by atoms with Gasteiger partial charge in [0.25, 0.3) is 5.72 Å². The van der Waals surface area contributed by atoms with E-state index in [4.69, 9.17) is 4.74 Å². The largest absolute Gasteiger partial charge is 0.497 e. The minimum atomic E-state index is -1.44. The summed E-state index contributed by atoms with van der Waals surface area (Å²) in [6.07, 6.45) is 0.948. The van der Waals surface area contributed by atoms with E-state index >= 15 is 0 Å². The summed E-state index contributed by atoms with van der Waals surface area (Å²) in [6, 6.07) is 14.3. The third-order valence-corrected chi connectivity index (χ3v) is 6.35. The molecule has 0 spiro atoms. The van der Waals surface area contributed by atoms with Crippen LogP contribution in [-0.2, 0) is 5.72 Å². The molecule has 0 bridgehead atoms. The molecule has 2 atom stereocenters. The molecule has 2 unspecified atom stereocenters. The lowest BCUT2D eigenvalue weighted by molar-refractivity contribution is -0.662. The summed E-state index contributed by atoms with van der Waals surface area (Å²) in [6.45, 7) is 2.64. The molecule has 6 heteroatoms. The molecule has 0 amide bonds. The van der Waals surface area contributed by atoms with Gasteiger partial charge in [-0.3, -0.25) is 0 Å². The second kappa shape index (κ2) is 6.59. The van der Waals surface area contributed by atoms with E-state index in [1.54, 1.807) is 23.9 Å². The van der Waals surface area contributed by atoms with Gasteiger partial charge in [0.2, 0.25) is 0 Å². The highest BCUT2D eigenvalue weighted by Gasteiger charge is 2.60. The number of amidine groups is 1. The van der Waals surface area contributed by atoms with Crippen molar-refractivity contribution in [2.45, 2.75) is 25.1 Å². The van der Waals surface area contributed by atoms with Crippen molar-refractivity contribution in [3.8, 4) is 5.75 Å². The van der Waals surface area contributed by atoms with Crippen molar-refractivity contribution >= 4 is 22.6 Å². The maximum atomic E-state index is 14.9. The van der Waals surface area contributed by atoms with Crippen LogP contribution in [0.5, 0.6) is 5.75 Å². The first-order chi connectivity index (χ1) is 12.6. The fourth-order valence-corrected chi connectivity index (χ4v) is 5.11. The molecule has 0 saturated carbocycles. The summed E-state index contributed by atoms with van der Waals surface area (Å²) in [5, 5.41) is 12.8. The molecule has 2 aromatic carbocycles. The summed E-state index contributed by atoms with van der Waals surface area (Å²) in [5.41, 5.74) is -0.155. The van der Waals surface area contributed by atoms with Crippen LogP contribution >= 0.6 is 11.8 Å². The molecule has 4 nitrogen and oxygen atoms in total. The molecule has 2 aliphatic heterocycles. The van der Waals surface area contributed by atoms with Gasteiger partial charge in [-0.1, -0.05) is 18.2 Å². The molecule has 1 N–H and O–H groups in total. The maximum absolute atomic E-state index is 14.9. The molecule has 2 heterocycles. The average molecular weight is 373 g/mol. The van der Waals surface area contributed by atoms with Crippen molar-refractivity contribution in [2.75, 3.05) is 24.3 Å². The molecule has 4 rings (SSSR count). The number of aliphatic hydroxyl groups is 1. The Morgan fingerprint density at radius 1 is 1.27 bits per heavy atom. The van der Waals surface area contributed by atoms with E-state index in [9.17, 15) is 9.50 Å². The molecule has 0 fully saturated rings. The molecule has 2 aliphatic rings. The van der Waals surface area contributed by atoms with Crippen molar-refractivity contribution in [2.24, 2.45) is 0 Å². The van der Waals surface area contributed by atoms with E-state index in [1.165, 1.54) is 13.2 Å². The smallest absolute Gasteiger partial charge is 0.316 e. The SMILES string of the molecule is COc1ccc(C2(O)C(C)N(c3ccccc3)C3=[N+]2CCCS3)c(F)c1. The van der Waals surface area contributed by atoms with Crippen LogP contribution in [0.1, 0.15) is 18.9 Å². The number of rotatable bonds is 3. The van der Waals surface area contributed by atoms with Crippen molar-refractivity contribution in [3.63, 3.8) is 0 Å². The molecular formula is C20H22FN2O2S+. The number of para-hydroxylation sites is 1. The van der Waals surface area contributed by atoms with Crippen molar-refractivity contribution in [1.29, 1.82) is 0 Å². The number of methoxy groups -OCH3 is 1. The lowest BCUT2D eigenvalue weighted by atomic mass is 9.94. The Kier molecular flexibility index (Phi) is 4.40. The Morgan fingerprint density at radius 3 is 2.73 bits per heavy atom. The van der Waals surface area contributed by atoms with Gasteiger partial charge in [0, 0.05) is 11.8 Å². The van der Waals surface area contributed by atoms with Gasteiger partial charge in [0.15, 0.2) is 6.04 Å². The molecule has 136 valence electrons. The van der Waals surface area contributed by atoms with Gasteiger partial charge in [-0.15, -0.1) is 0 Å². The van der Waals surface area contributed by atoms with E-state index in [-0.39, 0.29) is 11.6 Å². The fraction of sp³-hybridized carbons (Fsp3) is 0.350. The minimum absolute atomic E-state index is 0.282. The lowest BCUT2D eigenvalue weighted by Crippen LogP contribution is -2.48. The molecule has 26 heavy (non-hydrogen) atoms. The van der Waals surface area contributed by atoms with Crippen LogP contribution in [0.15, 0.2) is 48.5 Å². The molecular weight excluding hydrogens is 351 g/mol. The summed E-state index contributed by atoms with van der Waals surface area (Å²) < 4.78 is 22.0. The standard InChI is InChI=1S/C20H22FN2O2S/c1-14-20(24,17-10-9-16(25-2)13-18(17)21)22-11-6-12-26-19(22)23(14)15-7-4-3-5-8-15/h3-5,7-10,13-14,24H,6,11-12H2,1-2H3/q+1. The number of hydrogen-bond donors (Lipinski definition) is 1. The van der Waals surface area contributed by atoms with Gasteiger partial charge in [-0.25, -0.2) is 13.9 Å². The second-order valence-corrected chi connectivity index (χ2v) is 7.65. The van der Waals surface area contributed by atoms with Crippen LogP contribution in [-0.4, -0.2) is 40.3 Å². The molecule has 0 saturated heterocycles. The highest BCUT2D eigenvalue weighted by molar-refractivity contribution is 8.14. The monoisotopic (exact) mass is 373 g/mol. The number of hydrogen-bond acceptors (Lipinski definition) is 4. The third kappa shape index (κ3) is 2.51. The highest BCUT2D eigenvalue weighted by atomic mass is 32.2. The van der Waals surface area contributed by atoms with Crippen molar-refractivity contribution in [3.05, 3.63) is 59.9 Å². The zero-order chi connectivity index (χ0) is 18.3. The fourth-order valence-electron chi connectivity index (χ4n) is 3.86. The van der Waals surface area contributed by atoms with E-state index in [0.717, 1.165) is 23.0 Å². The van der Waals surface area contributed by atoms with E-state index < -0.39 is 11.5 Å². The first-order valence-corrected chi connectivity index (χ1v) is 9.74. The normalized spacial score (nSPS) is 25.4. The Labute approximate surface area is 156 Å². The van der Waals surface area contributed by atoms with Crippen LogP contribution in [0, 0.1) is 5.82 Å². The van der Waals surface area contributed by atoms with Crippen LogP contribution in [0.2, 0.25) is 0 Å². The van der Waals surface area contributed by atoms with E-state index in [2.05, 4.69) is 4.90 Å². The summed E-state index contributed by atoms with van der Waals surface area (Å²) in [4.78, 5) is 2.12. The summed E-state index contributed by atoms with van der Waals surface area (Å²) in [5.74, 6) is 0.976. The first kappa shape index (κ1) is 17.4. The topological polar surface area (TPSA) is 35.7 Å². The number of anilines is 1. The van der Waals surface area contributed by atoms with Crippen LogP contribution < -0.4 is 9.64 Å². The van der Waals surface area contributed by atoms with Crippen molar-refractivity contribution in [1.82, 2.24) is 0 Å². The Morgan fingerprint density at radius 2 is 2.04 bits per heavy atom. The van der Waals surface area contributed by atoms with Gasteiger partial charge in [-0.2, -0.15) is 0 Å². The molecule has 2 aromatic rings. The summed E-state index contributed by atoms with van der Waals surface area (Å²) >= 11 is 1.71. The van der Waals surface area contributed by atoms with E-state index in [1.807, 2.05) is 41.8 Å². The van der Waals surface area contributed by atoms with Crippen LogP contribution in [0.25, 0.3) is 0 Å². The molecule has 0 radical (unpaired) electrons. The number of nitrogens with zero attached hydrogens (tertiary/aromatic N) is 2. The van der Waals surface area contributed by atoms with Crippen molar-refractivity contribution < 1.29 is 18.8 Å². The lowest BCUT2D eigenvalue weighted by Gasteiger charge is -2.29. The zero-order valence-corrected chi connectivity index (χ0v) is 15.7. The van der Waals surface area contributed by atoms with Gasteiger partial charge in [0.1, 0.15) is 17.3 Å². The molecule has 0 aromatic heterocycles. The van der Waals surface area contributed by atoms with Gasteiger partial charge in [0.05, 0.1) is 19.2 Å². The maximum Gasteiger partial charge on any atom is 0.316 e. The third-order valence-electron chi connectivity index (χ3n) is 5.18. The predicted molar refractivity (Wildman–Crippen MR) is 102 cm³/mol. The van der Waals surface area contributed by atoms with Gasteiger partial charge in [-0.05, 0) is 49.4 Å². The first-order valence-electron chi connectivity index (χ1n) is 8.75. The quantitative estimate of drug-likeness (QED) is 0.837. The zero-order valence-electron chi connectivity index (χ0n) is 14.9. The average Bonchev–Trinajstić information content (AvgIpc) is 2.90. The Bertz CT molecular complexity index is 858.